The van der Waals surface area contributed by atoms with Crippen LogP contribution in [0.1, 0.15) is 13.8 Å². The maximum absolute atomic E-state index is 12.3. The van der Waals surface area contributed by atoms with Crippen LogP contribution in [0.5, 0.6) is 0 Å². The molecule has 1 aromatic rings. The first-order valence-corrected chi connectivity index (χ1v) is 9.50. The number of ether oxygens (including phenoxy) is 1. The molecule has 5 heteroatoms. The Kier molecular flexibility index (Phi) is 7.52. The molecule has 0 bridgehead atoms. The van der Waals surface area contributed by atoms with E-state index < -0.39 is 10.8 Å². The Morgan fingerprint density at radius 3 is 2.68 bits per heavy atom. The molecular formula is C17H28N2O2S. The second-order valence-corrected chi connectivity index (χ2v) is 7.32. The number of rotatable bonds is 8. The van der Waals surface area contributed by atoms with E-state index in [1.165, 1.54) is 0 Å². The molecule has 2 atom stereocenters. The first kappa shape index (κ1) is 17.6. The summed E-state index contributed by atoms with van der Waals surface area (Å²) in [5.41, 5.74) is 0. The highest BCUT2D eigenvalue weighted by Gasteiger charge is 2.23. The van der Waals surface area contributed by atoms with Crippen molar-refractivity contribution in [1.29, 1.82) is 0 Å². The minimum atomic E-state index is -0.886. The van der Waals surface area contributed by atoms with Crippen molar-refractivity contribution in [3.8, 4) is 0 Å². The smallest absolute Gasteiger partial charge is 0.0593 e. The van der Waals surface area contributed by atoms with Gasteiger partial charge in [0, 0.05) is 56.0 Å². The lowest BCUT2D eigenvalue weighted by Crippen LogP contribution is -2.53. The fraction of sp³-hybridized carbons (Fsp3) is 0.647. The predicted octanol–water partition coefficient (Wildman–Crippen LogP) is 1.84. The summed E-state index contributed by atoms with van der Waals surface area (Å²) in [5.74, 6) is 0.718. The summed E-state index contributed by atoms with van der Waals surface area (Å²) in [7, 11) is -0.886. The van der Waals surface area contributed by atoms with Crippen LogP contribution < -0.4 is 0 Å². The van der Waals surface area contributed by atoms with Gasteiger partial charge in [0.05, 0.1) is 17.4 Å². The average Bonchev–Trinajstić information content (AvgIpc) is 2.55. The number of piperazine rings is 1. The van der Waals surface area contributed by atoms with Crippen molar-refractivity contribution in [2.75, 3.05) is 51.7 Å². The molecular weight excluding hydrogens is 296 g/mol. The fourth-order valence-electron chi connectivity index (χ4n) is 2.83. The number of hydrogen-bond donors (Lipinski definition) is 0. The summed E-state index contributed by atoms with van der Waals surface area (Å²) in [5, 5.41) is 0. The SMILES string of the molecule is CCOCCN1CCN(CC[S@@](=O)c2ccccc2)C[C@H]1C. The van der Waals surface area contributed by atoms with Gasteiger partial charge in [-0.1, -0.05) is 18.2 Å². The van der Waals surface area contributed by atoms with Crippen molar-refractivity contribution in [2.24, 2.45) is 0 Å². The third kappa shape index (κ3) is 5.47. The van der Waals surface area contributed by atoms with Gasteiger partial charge >= 0.3 is 0 Å². The molecule has 2 rings (SSSR count). The Labute approximate surface area is 136 Å². The summed E-state index contributed by atoms with van der Waals surface area (Å²) < 4.78 is 17.7. The third-order valence-corrected chi connectivity index (χ3v) is 5.53. The lowest BCUT2D eigenvalue weighted by molar-refractivity contribution is 0.0516. The lowest BCUT2D eigenvalue weighted by Gasteiger charge is -2.39. The zero-order valence-electron chi connectivity index (χ0n) is 13.7. The second-order valence-electron chi connectivity index (χ2n) is 5.75. The van der Waals surface area contributed by atoms with Crippen LogP contribution in [-0.4, -0.2) is 71.7 Å². The maximum Gasteiger partial charge on any atom is 0.0593 e. The molecule has 0 radical (unpaired) electrons. The first-order chi connectivity index (χ1) is 10.7. The van der Waals surface area contributed by atoms with E-state index in [0.29, 0.717) is 6.04 Å². The summed E-state index contributed by atoms with van der Waals surface area (Å²) in [6.45, 7) is 11.0. The quantitative estimate of drug-likeness (QED) is 0.683. The molecule has 1 aliphatic rings. The van der Waals surface area contributed by atoms with Crippen molar-refractivity contribution in [2.45, 2.75) is 24.8 Å². The van der Waals surface area contributed by atoms with E-state index in [1.807, 2.05) is 37.3 Å². The van der Waals surface area contributed by atoms with Crippen LogP contribution in [0.4, 0.5) is 0 Å². The van der Waals surface area contributed by atoms with Gasteiger partial charge in [0.2, 0.25) is 0 Å². The van der Waals surface area contributed by atoms with Gasteiger partial charge in [0.15, 0.2) is 0 Å². The molecule has 124 valence electrons. The van der Waals surface area contributed by atoms with Gasteiger partial charge in [-0.05, 0) is 26.0 Å². The Bertz CT molecular complexity index is 455. The van der Waals surface area contributed by atoms with Crippen molar-refractivity contribution in [1.82, 2.24) is 9.80 Å². The Morgan fingerprint density at radius 2 is 2.00 bits per heavy atom. The van der Waals surface area contributed by atoms with Gasteiger partial charge in [-0.2, -0.15) is 0 Å². The van der Waals surface area contributed by atoms with Gasteiger partial charge in [0.25, 0.3) is 0 Å². The largest absolute Gasteiger partial charge is 0.380 e. The highest BCUT2D eigenvalue weighted by Crippen LogP contribution is 2.11. The minimum absolute atomic E-state index is 0.541. The Morgan fingerprint density at radius 1 is 1.23 bits per heavy atom. The molecule has 0 saturated carbocycles. The highest BCUT2D eigenvalue weighted by atomic mass is 32.2. The standard InChI is InChI=1S/C17H28N2O2S/c1-3-21-13-11-19-10-9-18(15-16(19)2)12-14-22(20)17-7-5-4-6-8-17/h4-8,16H,3,9-15H2,1-2H3/t16-,22-/m1/s1. The van der Waals surface area contributed by atoms with Crippen molar-refractivity contribution in [3.63, 3.8) is 0 Å². The number of hydrogen-bond acceptors (Lipinski definition) is 4. The van der Waals surface area contributed by atoms with E-state index in [-0.39, 0.29) is 0 Å². The van der Waals surface area contributed by atoms with E-state index in [9.17, 15) is 4.21 Å². The molecule has 22 heavy (non-hydrogen) atoms. The van der Waals surface area contributed by atoms with E-state index in [0.717, 1.165) is 56.6 Å². The number of benzene rings is 1. The predicted molar refractivity (Wildman–Crippen MR) is 91.7 cm³/mol. The van der Waals surface area contributed by atoms with Crippen LogP contribution in [0.3, 0.4) is 0 Å². The zero-order chi connectivity index (χ0) is 15.8. The Balaban J connectivity index is 1.71. The van der Waals surface area contributed by atoms with Gasteiger partial charge in [-0.15, -0.1) is 0 Å². The van der Waals surface area contributed by atoms with Crippen LogP contribution in [0.25, 0.3) is 0 Å². The highest BCUT2D eigenvalue weighted by molar-refractivity contribution is 7.85. The molecule has 1 fully saturated rings. The van der Waals surface area contributed by atoms with E-state index in [1.54, 1.807) is 0 Å². The lowest BCUT2D eigenvalue weighted by atomic mass is 10.2. The molecule has 0 unspecified atom stereocenters. The second kappa shape index (κ2) is 9.40. The van der Waals surface area contributed by atoms with E-state index in [4.69, 9.17) is 4.74 Å². The molecule has 4 nitrogen and oxygen atoms in total. The molecule has 1 aliphatic heterocycles. The summed E-state index contributed by atoms with van der Waals surface area (Å²) in [6, 6.07) is 10.3. The van der Waals surface area contributed by atoms with Crippen LogP contribution in [-0.2, 0) is 15.5 Å². The molecule has 0 aliphatic carbocycles. The zero-order valence-corrected chi connectivity index (χ0v) is 14.6. The van der Waals surface area contributed by atoms with Crippen LogP contribution in [0, 0.1) is 0 Å². The van der Waals surface area contributed by atoms with Crippen molar-refractivity contribution < 1.29 is 8.95 Å². The molecule has 1 heterocycles. The minimum Gasteiger partial charge on any atom is -0.380 e. The summed E-state index contributed by atoms with van der Waals surface area (Å²) in [4.78, 5) is 5.86. The maximum atomic E-state index is 12.3. The monoisotopic (exact) mass is 324 g/mol. The van der Waals surface area contributed by atoms with E-state index in [2.05, 4.69) is 16.7 Å². The average molecular weight is 324 g/mol. The van der Waals surface area contributed by atoms with Gasteiger partial charge in [0.1, 0.15) is 0 Å². The first-order valence-electron chi connectivity index (χ1n) is 8.18. The molecule has 1 aromatic carbocycles. The third-order valence-electron chi connectivity index (χ3n) is 4.18. The Hall–Kier alpha value is -0.750. The summed E-state index contributed by atoms with van der Waals surface area (Å²) in [6.07, 6.45) is 0. The molecule has 0 aromatic heterocycles. The normalized spacial score (nSPS) is 21.8. The van der Waals surface area contributed by atoms with Crippen molar-refractivity contribution >= 4 is 10.8 Å². The van der Waals surface area contributed by atoms with Crippen LogP contribution >= 0.6 is 0 Å². The molecule has 0 N–H and O–H groups in total. The van der Waals surface area contributed by atoms with Crippen LogP contribution in [0.2, 0.25) is 0 Å². The number of nitrogens with zero attached hydrogens (tertiary/aromatic N) is 2. The fourth-order valence-corrected chi connectivity index (χ4v) is 3.95. The summed E-state index contributed by atoms with van der Waals surface area (Å²) >= 11 is 0. The molecule has 0 amide bonds. The van der Waals surface area contributed by atoms with Crippen molar-refractivity contribution in [3.05, 3.63) is 30.3 Å². The van der Waals surface area contributed by atoms with Gasteiger partial charge in [-0.3, -0.25) is 14.0 Å². The van der Waals surface area contributed by atoms with Gasteiger partial charge < -0.3 is 4.74 Å². The topological polar surface area (TPSA) is 32.8 Å². The van der Waals surface area contributed by atoms with E-state index >= 15 is 0 Å². The van der Waals surface area contributed by atoms with Crippen LogP contribution in [0.15, 0.2) is 35.2 Å². The van der Waals surface area contributed by atoms with Gasteiger partial charge in [-0.25, -0.2) is 0 Å². The molecule has 1 saturated heterocycles. The molecule has 0 spiro atoms.